The minimum absolute atomic E-state index is 0.210. The van der Waals surface area contributed by atoms with E-state index in [4.69, 9.17) is 0 Å². The van der Waals surface area contributed by atoms with Gasteiger partial charge < -0.3 is 5.11 Å². The Hall–Kier alpha value is -2.94. The molecule has 0 radical (unpaired) electrons. The first-order valence-corrected chi connectivity index (χ1v) is 9.68. The maximum absolute atomic E-state index is 9.63. The second kappa shape index (κ2) is 7.75. The van der Waals surface area contributed by atoms with Crippen LogP contribution in [-0.4, -0.2) is 22.8 Å². The van der Waals surface area contributed by atoms with E-state index in [1.54, 1.807) is 35.8 Å². The summed E-state index contributed by atoms with van der Waals surface area (Å²) < 4.78 is 0. The normalized spacial score (nSPS) is 14.2. The number of phenolic OH excluding ortho intramolecular Hbond substituents is 1. The van der Waals surface area contributed by atoms with Gasteiger partial charge in [-0.05, 0) is 35.2 Å². The molecule has 134 valence electrons. The monoisotopic (exact) mass is 373 g/mol. The quantitative estimate of drug-likeness (QED) is 0.678. The van der Waals surface area contributed by atoms with Crippen molar-refractivity contribution in [3.8, 4) is 11.8 Å². The molecule has 1 N–H and O–H groups in total. The second-order valence-corrected chi connectivity index (χ2v) is 7.68. The van der Waals surface area contributed by atoms with Crippen LogP contribution in [0.2, 0.25) is 0 Å². The van der Waals surface area contributed by atoms with Crippen molar-refractivity contribution in [1.82, 2.24) is 4.90 Å². The lowest BCUT2D eigenvalue weighted by molar-refractivity contribution is 0.249. The van der Waals surface area contributed by atoms with Crippen LogP contribution in [-0.2, 0) is 19.5 Å². The zero-order valence-corrected chi connectivity index (χ0v) is 15.6. The van der Waals surface area contributed by atoms with Gasteiger partial charge in [0.05, 0.1) is 5.56 Å². The number of nitrogens with zero attached hydrogens (tertiary/aromatic N) is 3. The van der Waals surface area contributed by atoms with Crippen LogP contribution in [0.5, 0.6) is 5.75 Å². The standard InChI is InChI=1S/C22H19N3OS/c23-12-20-19-9-10-25(14-16-5-2-1-3-6-16)15-21(19)27-22(20)24-13-17-7-4-8-18(26)11-17/h1-8,11,13,26H,9-10,14-15H2/b24-13-. The molecule has 3 aromatic rings. The smallest absolute Gasteiger partial charge is 0.134 e. The van der Waals surface area contributed by atoms with Crippen LogP contribution >= 0.6 is 11.3 Å². The van der Waals surface area contributed by atoms with Gasteiger partial charge in [-0.15, -0.1) is 11.3 Å². The van der Waals surface area contributed by atoms with Gasteiger partial charge in [-0.3, -0.25) is 4.90 Å². The van der Waals surface area contributed by atoms with E-state index in [1.807, 2.05) is 12.1 Å². The SMILES string of the molecule is N#Cc1c(/N=C\c2cccc(O)c2)sc2c1CCN(Cc1ccccc1)C2. The maximum Gasteiger partial charge on any atom is 0.134 e. The summed E-state index contributed by atoms with van der Waals surface area (Å²) in [4.78, 5) is 8.19. The van der Waals surface area contributed by atoms with Crippen LogP contribution in [0.25, 0.3) is 0 Å². The Morgan fingerprint density at radius 3 is 2.81 bits per heavy atom. The van der Waals surface area contributed by atoms with Crippen LogP contribution in [0.4, 0.5) is 5.00 Å². The summed E-state index contributed by atoms with van der Waals surface area (Å²) in [5.41, 5.74) is 3.97. The molecule has 1 aromatic heterocycles. The van der Waals surface area contributed by atoms with Crippen molar-refractivity contribution in [3.63, 3.8) is 0 Å². The van der Waals surface area contributed by atoms with E-state index in [0.29, 0.717) is 5.56 Å². The van der Waals surface area contributed by atoms with Crippen molar-refractivity contribution in [3.05, 3.63) is 81.7 Å². The molecule has 4 rings (SSSR count). The number of fused-ring (bicyclic) bond motifs is 1. The van der Waals surface area contributed by atoms with Crippen molar-refractivity contribution in [2.45, 2.75) is 19.5 Å². The molecule has 0 atom stereocenters. The van der Waals surface area contributed by atoms with Gasteiger partial charge in [0.1, 0.15) is 16.8 Å². The van der Waals surface area contributed by atoms with Crippen molar-refractivity contribution in [2.24, 2.45) is 4.99 Å². The van der Waals surface area contributed by atoms with E-state index < -0.39 is 0 Å². The Balaban J connectivity index is 1.55. The third-order valence-corrected chi connectivity index (χ3v) is 5.80. The Labute approximate surface area is 162 Å². The predicted octanol–water partition coefficient (Wildman–Crippen LogP) is 4.63. The van der Waals surface area contributed by atoms with Crippen molar-refractivity contribution >= 4 is 22.6 Å². The molecule has 0 bridgehead atoms. The molecule has 0 saturated heterocycles. The van der Waals surface area contributed by atoms with Crippen molar-refractivity contribution in [2.75, 3.05) is 6.54 Å². The average molecular weight is 373 g/mol. The minimum atomic E-state index is 0.210. The molecule has 5 heteroatoms. The highest BCUT2D eigenvalue weighted by atomic mass is 32.1. The minimum Gasteiger partial charge on any atom is -0.508 e. The molecule has 27 heavy (non-hydrogen) atoms. The number of phenols is 1. The Morgan fingerprint density at radius 1 is 1.19 bits per heavy atom. The molecule has 1 aliphatic heterocycles. The van der Waals surface area contributed by atoms with Crippen LogP contribution in [0.1, 0.15) is 27.1 Å². The summed E-state index contributed by atoms with van der Waals surface area (Å²) in [5, 5.41) is 20.0. The summed E-state index contributed by atoms with van der Waals surface area (Å²) in [6.45, 7) is 2.72. The van der Waals surface area contributed by atoms with Crippen molar-refractivity contribution in [1.29, 1.82) is 5.26 Å². The highest BCUT2D eigenvalue weighted by Crippen LogP contribution is 2.38. The molecule has 0 aliphatic carbocycles. The molecule has 4 nitrogen and oxygen atoms in total. The zero-order chi connectivity index (χ0) is 18.6. The lowest BCUT2D eigenvalue weighted by Gasteiger charge is -2.26. The van der Waals surface area contributed by atoms with Crippen LogP contribution in [0.15, 0.2) is 59.6 Å². The van der Waals surface area contributed by atoms with Gasteiger partial charge in [-0.2, -0.15) is 5.26 Å². The summed E-state index contributed by atoms with van der Waals surface area (Å²) in [6, 6.07) is 19.8. The van der Waals surface area contributed by atoms with Crippen LogP contribution in [0, 0.1) is 11.3 Å². The lowest BCUT2D eigenvalue weighted by Crippen LogP contribution is -2.29. The lowest BCUT2D eigenvalue weighted by atomic mass is 10.0. The van der Waals surface area contributed by atoms with Crippen LogP contribution in [0.3, 0.4) is 0 Å². The highest BCUT2D eigenvalue weighted by molar-refractivity contribution is 7.16. The van der Waals surface area contributed by atoms with Gasteiger partial charge in [0, 0.05) is 30.7 Å². The summed E-state index contributed by atoms with van der Waals surface area (Å²) in [7, 11) is 0. The number of thiophene rings is 1. The number of rotatable bonds is 4. The number of hydrogen-bond donors (Lipinski definition) is 1. The first-order valence-electron chi connectivity index (χ1n) is 8.87. The number of nitriles is 1. The van der Waals surface area contributed by atoms with E-state index in [-0.39, 0.29) is 5.75 Å². The Bertz CT molecular complexity index is 1020. The average Bonchev–Trinajstić information content (AvgIpc) is 3.04. The molecule has 0 amide bonds. The molecule has 0 fully saturated rings. The number of aliphatic imine (C=N–C) groups is 1. The van der Waals surface area contributed by atoms with Gasteiger partial charge in [0.2, 0.25) is 0 Å². The molecule has 2 aromatic carbocycles. The molecule has 2 heterocycles. The van der Waals surface area contributed by atoms with Crippen LogP contribution < -0.4 is 0 Å². The number of aromatic hydroxyl groups is 1. The fourth-order valence-corrected chi connectivity index (χ4v) is 4.55. The first-order chi connectivity index (χ1) is 13.2. The van der Waals surface area contributed by atoms with Gasteiger partial charge >= 0.3 is 0 Å². The number of hydrogen-bond acceptors (Lipinski definition) is 5. The third-order valence-electron chi connectivity index (χ3n) is 4.68. The zero-order valence-electron chi connectivity index (χ0n) is 14.8. The molecule has 1 aliphatic rings. The Kier molecular flexibility index (Phi) is 5.01. The summed E-state index contributed by atoms with van der Waals surface area (Å²) in [5.74, 6) is 0.210. The van der Waals surface area contributed by atoms with Gasteiger partial charge in [-0.1, -0.05) is 42.5 Å². The maximum atomic E-state index is 9.63. The fourth-order valence-electron chi connectivity index (χ4n) is 3.36. The highest BCUT2D eigenvalue weighted by Gasteiger charge is 2.24. The van der Waals surface area contributed by atoms with Gasteiger partial charge in [-0.25, -0.2) is 4.99 Å². The van der Waals surface area contributed by atoms with Crippen molar-refractivity contribution < 1.29 is 5.11 Å². The van der Waals surface area contributed by atoms with E-state index in [9.17, 15) is 10.4 Å². The Morgan fingerprint density at radius 2 is 2.04 bits per heavy atom. The molecule has 0 spiro atoms. The molecular formula is C22H19N3OS. The predicted molar refractivity (Wildman–Crippen MR) is 109 cm³/mol. The fraction of sp³-hybridized carbons (Fsp3) is 0.182. The topological polar surface area (TPSA) is 59.6 Å². The third kappa shape index (κ3) is 3.92. The van der Waals surface area contributed by atoms with E-state index in [0.717, 1.165) is 42.2 Å². The number of benzene rings is 2. The molecular weight excluding hydrogens is 354 g/mol. The summed E-state index contributed by atoms with van der Waals surface area (Å²) in [6.07, 6.45) is 2.59. The van der Waals surface area contributed by atoms with Gasteiger partial charge in [0.15, 0.2) is 0 Å². The molecule has 0 unspecified atom stereocenters. The summed E-state index contributed by atoms with van der Waals surface area (Å²) >= 11 is 1.60. The van der Waals surface area contributed by atoms with E-state index in [2.05, 4.69) is 40.2 Å². The second-order valence-electron chi connectivity index (χ2n) is 6.60. The molecule has 0 saturated carbocycles. The largest absolute Gasteiger partial charge is 0.508 e. The first kappa shape index (κ1) is 17.5. The van der Waals surface area contributed by atoms with Gasteiger partial charge in [0.25, 0.3) is 0 Å². The van der Waals surface area contributed by atoms with E-state index in [1.165, 1.54) is 10.4 Å². The van der Waals surface area contributed by atoms with E-state index >= 15 is 0 Å².